The summed E-state index contributed by atoms with van der Waals surface area (Å²) < 4.78 is 40.5. The van der Waals surface area contributed by atoms with E-state index in [0.29, 0.717) is 23.9 Å². The van der Waals surface area contributed by atoms with E-state index >= 15 is 0 Å². The SMILES string of the molecule is O=C(Nc1ccc(OC(F)(F)F)cc1)C12C[C@@H]3C[C@@H](CC(Cl)(C3)C1)C2. The van der Waals surface area contributed by atoms with Crippen molar-refractivity contribution < 1.29 is 22.7 Å². The maximum atomic E-state index is 12.9. The highest BCUT2D eigenvalue weighted by Gasteiger charge is 2.60. The van der Waals surface area contributed by atoms with E-state index in [1.165, 1.54) is 24.3 Å². The van der Waals surface area contributed by atoms with Crippen molar-refractivity contribution in [3.05, 3.63) is 24.3 Å². The standard InChI is InChI=1S/C18H19ClF3NO2/c19-17-8-11-5-12(9-17)7-16(6-11,10-17)15(24)23-13-1-3-14(4-2-13)25-18(20,21)22/h1-4,11-12H,5-10H2,(H,23,24)/t11-,12+,16?,17?. The van der Waals surface area contributed by atoms with Crippen LogP contribution in [0.1, 0.15) is 38.5 Å². The molecule has 4 fully saturated rings. The predicted molar refractivity (Wildman–Crippen MR) is 87.5 cm³/mol. The van der Waals surface area contributed by atoms with Crippen molar-refractivity contribution in [1.29, 1.82) is 0 Å². The molecule has 0 aliphatic heterocycles. The third-order valence-electron chi connectivity index (χ3n) is 5.82. The van der Waals surface area contributed by atoms with Crippen molar-refractivity contribution in [2.24, 2.45) is 17.3 Å². The molecule has 25 heavy (non-hydrogen) atoms. The highest BCUT2D eigenvalue weighted by atomic mass is 35.5. The number of halogens is 4. The van der Waals surface area contributed by atoms with E-state index in [-0.39, 0.29) is 16.5 Å². The first-order valence-corrected chi connectivity index (χ1v) is 8.89. The van der Waals surface area contributed by atoms with Crippen LogP contribution in [0.25, 0.3) is 0 Å². The Morgan fingerprint density at radius 1 is 1.12 bits per heavy atom. The number of hydrogen-bond acceptors (Lipinski definition) is 2. The van der Waals surface area contributed by atoms with E-state index in [1.807, 2.05) is 0 Å². The molecule has 4 saturated carbocycles. The number of benzene rings is 1. The summed E-state index contributed by atoms with van der Waals surface area (Å²) in [6.07, 6.45) is 0.826. The van der Waals surface area contributed by atoms with Crippen LogP contribution in [0.2, 0.25) is 0 Å². The average Bonchev–Trinajstić information content (AvgIpc) is 2.45. The van der Waals surface area contributed by atoms with Gasteiger partial charge in [0, 0.05) is 10.6 Å². The zero-order valence-corrected chi connectivity index (χ0v) is 14.3. The van der Waals surface area contributed by atoms with Gasteiger partial charge in [-0.25, -0.2) is 0 Å². The van der Waals surface area contributed by atoms with Gasteiger partial charge in [-0.15, -0.1) is 24.8 Å². The highest BCUT2D eigenvalue weighted by molar-refractivity contribution is 6.24. The molecule has 136 valence electrons. The third kappa shape index (κ3) is 3.33. The Hall–Kier alpha value is -1.43. The Morgan fingerprint density at radius 3 is 2.24 bits per heavy atom. The molecule has 5 rings (SSSR count). The van der Waals surface area contributed by atoms with Gasteiger partial charge in [-0.2, -0.15) is 0 Å². The van der Waals surface area contributed by atoms with Crippen LogP contribution in [0.15, 0.2) is 24.3 Å². The summed E-state index contributed by atoms with van der Waals surface area (Å²) in [5, 5.41) is 2.87. The average molecular weight is 374 g/mol. The summed E-state index contributed by atoms with van der Waals surface area (Å²) in [5.74, 6) is 0.648. The van der Waals surface area contributed by atoms with Crippen LogP contribution in [0.5, 0.6) is 5.75 Å². The van der Waals surface area contributed by atoms with E-state index < -0.39 is 11.8 Å². The van der Waals surface area contributed by atoms with Gasteiger partial charge in [0.25, 0.3) is 0 Å². The molecule has 1 aromatic carbocycles. The number of hydrogen-bond donors (Lipinski definition) is 1. The molecule has 1 N–H and O–H groups in total. The van der Waals surface area contributed by atoms with Gasteiger partial charge in [0.2, 0.25) is 5.91 Å². The first kappa shape index (κ1) is 17.0. The molecule has 4 aliphatic carbocycles. The van der Waals surface area contributed by atoms with Crippen LogP contribution in [0.3, 0.4) is 0 Å². The number of rotatable bonds is 3. The molecule has 0 aromatic heterocycles. The molecule has 0 heterocycles. The lowest BCUT2D eigenvalue weighted by Gasteiger charge is -2.59. The number of alkyl halides is 4. The summed E-state index contributed by atoms with van der Waals surface area (Å²) in [7, 11) is 0. The molecule has 7 heteroatoms. The molecular formula is C18H19ClF3NO2. The highest BCUT2D eigenvalue weighted by Crippen LogP contribution is 2.64. The smallest absolute Gasteiger partial charge is 0.406 e. The first-order valence-electron chi connectivity index (χ1n) is 8.51. The topological polar surface area (TPSA) is 38.3 Å². The monoisotopic (exact) mass is 373 g/mol. The minimum Gasteiger partial charge on any atom is -0.406 e. The van der Waals surface area contributed by atoms with E-state index in [1.54, 1.807) is 0 Å². The van der Waals surface area contributed by atoms with Crippen molar-refractivity contribution in [2.45, 2.75) is 49.8 Å². The van der Waals surface area contributed by atoms with Crippen molar-refractivity contribution >= 4 is 23.2 Å². The third-order valence-corrected chi connectivity index (χ3v) is 6.26. The number of carbonyl (C=O) groups is 1. The fourth-order valence-corrected chi connectivity index (χ4v) is 6.11. The van der Waals surface area contributed by atoms with Crippen LogP contribution < -0.4 is 10.1 Å². The molecule has 1 amide bonds. The van der Waals surface area contributed by atoms with Gasteiger partial charge in [-0.05, 0) is 74.6 Å². The Bertz CT molecular complexity index is 675. The van der Waals surface area contributed by atoms with Gasteiger partial charge in [-0.3, -0.25) is 4.79 Å². The molecule has 0 spiro atoms. The van der Waals surface area contributed by atoms with Crippen LogP contribution in [-0.2, 0) is 4.79 Å². The summed E-state index contributed by atoms with van der Waals surface area (Å²) >= 11 is 6.75. The zero-order chi connectivity index (χ0) is 17.9. The largest absolute Gasteiger partial charge is 0.573 e. The Labute approximate surface area is 148 Å². The van der Waals surface area contributed by atoms with Crippen molar-refractivity contribution in [2.75, 3.05) is 5.32 Å². The summed E-state index contributed by atoms with van der Waals surface area (Å²) in [6.45, 7) is 0. The van der Waals surface area contributed by atoms with Gasteiger partial charge in [0.1, 0.15) is 5.75 Å². The van der Waals surface area contributed by atoms with Gasteiger partial charge in [-0.1, -0.05) is 0 Å². The minimum atomic E-state index is -4.72. The fraction of sp³-hybridized carbons (Fsp3) is 0.611. The fourth-order valence-electron chi connectivity index (χ4n) is 5.42. The molecule has 1 aromatic rings. The predicted octanol–water partition coefficient (Wildman–Crippen LogP) is 5.10. The first-order chi connectivity index (χ1) is 11.6. The number of nitrogens with one attached hydrogen (secondary N) is 1. The second-order valence-corrected chi connectivity index (χ2v) is 8.72. The lowest BCUT2D eigenvalue weighted by Crippen LogP contribution is -2.57. The molecule has 0 radical (unpaired) electrons. The van der Waals surface area contributed by atoms with Crippen molar-refractivity contribution in [1.82, 2.24) is 0 Å². The molecule has 4 bridgehead atoms. The molecule has 3 nitrogen and oxygen atoms in total. The maximum absolute atomic E-state index is 12.9. The van der Waals surface area contributed by atoms with Crippen LogP contribution in [0, 0.1) is 17.3 Å². The summed E-state index contributed by atoms with van der Waals surface area (Å²) in [5.41, 5.74) is 0.0337. The number of carbonyl (C=O) groups excluding carboxylic acids is 1. The molecule has 0 saturated heterocycles. The second-order valence-electron chi connectivity index (χ2n) is 7.92. The van der Waals surface area contributed by atoms with Gasteiger partial charge in [0.05, 0.1) is 5.41 Å². The number of ether oxygens (including phenoxy) is 1. The lowest BCUT2D eigenvalue weighted by atomic mass is 9.49. The molecule has 4 atom stereocenters. The van der Waals surface area contributed by atoms with Gasteiger partial charge < -0.3 is 10.1 Å². The van der Waals surface area contributed by atoms with E-state index in [9.17, 15) is 18.0 Å². The minimum absolute atomic E-state index is 0.0592. The van der Waals surface area contributed by atoms with Crippen molar-refractivity contribution in [3.8, 4) is 5.75 Å². The second kappa shape index (κ2) is 5.53. The quantitative estimate of drug-likeness (QED) is 0.748. The Kier molecular flexibility index (Phi) is 3.76. The molecule has 2 unspecified atom stereocenters. The van der Waals surface area contributed by atoms with Crippen molar-refractivity contribution in [3.63, 3.8) is 0 Å². The lowest BCUT2D eigenvalue weighted by molar-refractivity contribution is -0.274. The maximum Gasteiger partial charge on any atom is 0.573 e. The van der Waals surface area contributed by atoms with E-state index in [0.717, 1.165) is 32.1 Å². The Morgan fingerprint density at radius 2 is 1.72 bits per heavy atom. The zero-order valence-electron chi connectivity index (χ0n) is 13.5. The summed E-state index contributed by atoms with van der Waals surface area (Å²) in [4.78, 5) is 12.7. The molecular weight excluding hydrogens is 355 g/mol. The van der Waals surface area contributed by atoms with E-state index in [4.69, 9.17) is 11.6 Å². The van der Waals surface area contributed by atoms with E-state index in [2.05, 4.69) is 10.1 Å². The van der Waals surface area contributed by atoms with Gasteiger partial charge >= 0.3 is 6.36 Å². The van der Waals surface area contributed by atoms with Crippen LogP contribution >= 0.6 is 11.6 Å². The number of amides is 1. The molecule has 4 aliphatic rings. The van der Waals surface area contributed by atoms with Crippen LogP contribution in [0.4, 0.5) is 18.9 Å². The number of anilines is 1. The van der Waals surface area contributed by atoms with Crippen LogP contribution in [-0.4, -0.2) is 17.1 Å². The Balaban J connectivity index is 1.47. The normalized spacial score (nSPS) is 36.3. The van der Waals surface area contributed by atoms with Gasteiger partial charge in [0.15, 0.2) is 0 Å². The summed E-state index contributed by atoms with van der Waals surface area (Å²) in [6, 6.07) is 5.25.